The summed E-state index contributed by atoms with van der Waals surface area (Å²) in [6.07, 6.45) is 0. The molecule has 1 aliphatic rings. The highest BCUT2D eigenvalue weighted by Gasteiger charge is 2.47. The van der Waals surface area contributed by atoms with Gasteiger partial charge in [-0.25, -0.2) is 0 Å². The van der Waals surface area contributed by atoms with Crippen LogP contribution in [0.1, 0.15) is 36.8 Å². The van der Waals surface area contributed by atoms with Gasteiger partial charge in [-0.15, -0.1) is 0 Å². The van der Waals surface area contributed by atoms with Crippen molar-refractivity contribution < 1.29 is 0 Å². The summed E-state index contributed by atoms with van der Waals surface area (Å²) in [4.78, 5) is 0. The van der Waals surface area contributed by atoms with Crippen molar-refractivity contribution in [3.8, 4) is 0 Å². The van der Waals surface area contributed by atoms with E-state index in [1.54, 1.807) is 0 Å². The summed E-state index contributed by atoms with van der Waals surface area (Å²) in [6.45, 7) is 4.83. The van der Waals surface area contributed by atoms with Crippen LogP contribution >= 0.6 is 0 Å². The van der Waals surface area contributed by atoms with Gasteiger partial charge in [-0.1, -0.05) is 92.7 Å². The van der Waals surface area contributed by atoms with Crippen molar-refractivity contribution in [3.05, 3.63) is 102 Å². The fourth-order valence-corrected chi connectivity index (χ4v) is 4.94. The maximum atomic E-state index is 3.84. The molecule has 3 unspecified atom stereocenters. The second-order valence-corrected chi connectivity index (χ2v) is 7.63. The first-order valence-corrected chi connectivity index (χ1v) is 9.67. The Morgan fingerprint density at radius 3 is 1.35 bits per heavy atom. The molecule has 3 aromatic rings. The molecule has 0 saturated heterocycles. The van der Waals surface area contributed by atoms with Gasteiger partial charge in [-0.05, 0) is 46.9 Å². The maximum Gasteiger partial charge on any atom is 0.0342 e. The van der Waals surface area contributed by atoms with E-state index in [-0.39, 0.29) is 0 Å². The minimum Gasteiger partial charge on any atom is -0.382 e. The van der Waals surface area contributed by atoms with Gasteiger partial charge in [0.2, 0.25) is 0 Å². The van der Waals surface area contributed by atoms with Crippen molar-refractivity contribution in [2.45, 2.75) is 31.7 Å². The lowest BCUT2D eigenvalue weighted by Gasteiger charge is -2.25. The van der Waals surface area contributed by atoms with Crippen molar-refractivity contribution in [1.82, 2.24) is 0 Å². The predicted molar refractivity (Wildman–Crippen MR) is 111 cm³/mol. The van der Waals surface area contributed by atoms with E-state index >= 15 is 0 Å². The zero-order valence-corrected chi connectivity index (χ0v) is 15.5. The van der Waals surface area contributed by atoms with E-state index in [4.69, 9.17) is 0 Å². The Balaban J connectivity index is 1.72. The summed E-state index contributed by atoms with van der Waals surface area (Å²) < 4.78 is 0. The second-order valence-electron chi connectivity index (χ2n) is 7.63. The Bertz CT molecular complexity index is 761. The molecule has 1 fully saturated rings. The molecule has 0 aliphatic heterocycles. The van der Waals surface area contributed by atoms with Gasteiger partial charge >= 0.3 is 0 Å². The smallest absolute Gasteiger partial charge is 0.0342 e. The normalized spacial score (nSPS) is 28.0. The van der Waals surface area contributed by atoms with Crippen LogP contribution in [0, 0.1) is 11.8 Å². The van der Waals surface area contributed by atoms with E-state index < -0.39 is 0 Å². The highest BCUT2D eigenvalue weighted by atomic mass is 14.9. The summed E-state index contributed by atoms with van der Waals surface area (Å²) in [7, 11) is 0. The van der Waals surface area contributed by atoms with Crippen molar-refractivity contribution in [1.29, 1.82) is 0 Å². The van der Waals surface area contributed by atoms with Gasteiger partial charge in [-0.3, -0.25) is 0 Å². The van der Waals surface area contributed by atoms with Crippen molar-refractivity contribution in [3.63, 3.8) is 0 Å². The number of para-hydroxylation sites is 1. The lowest BCUT2D eigenvalue weighted by molar-refractivity contribution is 0.470. The van der Waals surface area contributed by atoms with Crippen molar-refractivity contribution in [2.75, 3.05) is 5.32 Å². The lowest BCUT2D eigenvalue weighted by atomic mass is 9.78. The van der Waals surface area contributed by atoms with Gasteiger partial charge in [0.05, 0.1) is 0 Å². The molecule has 132 valence electrons. The Kier molecular flexibility index (Phi) is 4.79. The molecule has 0 aromatic heterocycles. The summed E-state index contributed by atoms with van der Waals surface area (Å²) in [5.74, 6) is 2.15. The van der Waals surface area contributed by atoms with Crippen LogP contribution in [0.4, 0.5) is 5.69 Å². The first-order chi connectivity index (χ1) is 12.8. The van der Waals surface area contributed by atoms with E-state index in [1.165, 1.54) is 16.8 Å². The fourth-order valence-electron chi connectivity index (χ4n) is 4.94. The molecule has 0 bridgehead atoms. The Morgan fingerprint density at radius 2 is 0.923 bits per heavy atom. The molecular weight excluding hydrogens is 314 g/mol. The first-order valence-electron chi connectivity index (χ1n) is 9.67. The molecule has 0 amide bonds. The predicted octanol–water partition coefficient (Wildman–Crippen LogP) is 6.32. The van der Waals surface area contributed by atoms with Gasteiger partial charge < -0.3 is 5.32 Å². The Hall–Kier alpha value is -2.54. The molecule has 1 nitrogen and oxygen atoms in total. The highest BCUT2D eigenvalue weighted by Crippen LogP contribution is 2.53. The zero-order valence-electron chi connectivity index (χ0n) is 15.5. The zero-order chi connectivity index (χ0) is 17.9. The van der Waals surface area contributed by atoms with Gasteiger partial charge in [0.25, 0.3) is 0 Å². The van der Waals surface area contributed by atoms with Gasteiger partial charge in [0, 0.05) is 11.7 Å². The highest BCUT2D eigenvalue weighted by molar-refractivity contribution is 5.46. The minimum absolute atomic E-state index is 0.452. The minimum atomic E-state index is 0.452. The van der Waals surface area contributed by atoms with Crippen LogP contribution in [0.5, 0.6) is 0 Å². The van der Waals surface area contributed by atoms with E-state index in [9.17, 15) is 0 Å². The molecule has 1 aliphatic carbocycles. The van der Waals surface area contributed by atoms with Crippen LogP contribution in [0.2, 0.25) is 0 Å². The third-order valence-electron chi connectivity index (χ3n) is 6.13. The average molecular weight is 341 g/mol. The molecule has 0 radical (unpaired) electrons. The number of benzene rings is 3. The standard InChI is InChI=1S/C25H27N/c1-18-23(20-12-6-3-7-13-20)24(21-14-8-4-9-15-21)19(2)25(18)26-22-16-10-5-11-17-22/h3-19,23-26H,1-2H3/t18-,19?,23-,24?,25?/m0/s1. The van der Waals surface area contributed by atoms with E-state index in [1.807, 2.05) is 0 Å². The first kappa shape index (κ1) is 16.9. The Labute approximate surface area is 157 Å². The molecule has 4 rings (SSSR count). The largest absolute Gasteiger partial charge is 0.382 e. The van der Waals surface area contributed by atoms with Crippen molar-refractivity contribution >= 4 is 5.69 Å². The molecule has 1 heteroatoms. The third-order valence-corrected chi connectivity index (χ3v) is 6.13. The van der Waals surface area contributed by atoms with Gasteiger partial charge in [0.1, 0.15) is 0 Å². The van der Waals surface area contributed by atoms with Crippen LogP contribution in [-0.4, -0.2) is 6.04 Å². The molecule has 1 saturated carbocycles. The molecule has 5 atom stereocenters. The second kappa shape index (κ2) is 7.37. The quantitative estimate of drug-likeness (QED) is 0.585. The molecule has 0 spiro atoms. The van der Waals surface area contributed by atoms with Crippen LogP contribution in [-0.2, 0) is 0 Å². The number of nitrogens with one attached hydrogen (secondary N) is 1. The average Bonchev–Trinajstić information content (AvgIpc) is 2.95. The third kappa shape index (κ3) is 3.14. The lowest BCUT2D eigenvalue weighted by Crippen LogP contribution is -2.29. The van der Waals surface area contributed by atoms with Crippen LogP contribution < -0.4 is 5.32 Å². The van der Waals surface area contributed by atoms with E-state index in [2.05, 4.69) is 110 Å². The topological polar surface area (TPSA) is 12.0 Å². The molecule has 3 aromatic carbocycles. The molecule has 26 heavy (non-hydrogen) atoms. The van der Waals surface area contributed by atoms with E-state index in [0.29, 0.717) is 29.7 Å². The number of anilines is 1. The SMILES string of the molecule is CC1C(Nc2ccccc2)[C@@H](C)[C@@H](c2ccccc2)C1c1ccccc1. The molecule has 0 heterocycles. The summed E-state index contributed by atoms with van der Waals surface area (Å²) in [6, 6.07) is 33.2. The van der Waals surface area contributed by atoms with E-state index in [0.717, 1.165) is 0 Å². The van der Waals surface area contributed by atoms with Gasteiger partial charge in [-0.2, -0.15) is 0 Å². The van der Waals surface area contributed by atoms with Crippen LogP contribution in [0.3, 0.4) is 0 Å². The number of hydrogen-bond acceptors (Lipinski definition) is 1. The molecular formula is C25H27N. The van der Waals surface area contributed by atoms with Gasteiger partial charge in [0.15, 0.2) is 0 Å². The van der Waals surface area contributed by atoms with Crippen molar-refractivity contribution in [2.24, 2.45) is 11.8 Å². The van der Waals surface area contributed by atoms with Crippen LogP contribution in [0.25, 0.3) is 0 Å². The number of rotatable bonds is 4. The maximum absolute atomic E-state index is 3.84. The Morgan fingerprint density at radius 1 is 0.538 bits per heavy atom. The number of hydrogen-bond donors (Lipinski definition) is 1. The monoisotopic (exact) mass is 341 g/mol. The molecule has 1 N–H and O–H groups in total. The summed E-state index contributed by atoms with van der Waals surface area (Å²) in [5, 5.41) is 3.84. The fraction of sp³-hybridized carbons (Fsp3) is 0.280. The summed E-state index contributed by atoms with van der Waals surface area (Å²) in [5.41, 5.74) is 4.13. The van der Waals surface area contributed by atoms with Crippen LogP contribution in [0.15, 0.2) is 91.0 Å². The summed E-state index contributed by atoms with van der Waals surface area (Å²) >= 11 is 0.